The monoisotopic (exact) mass is 324 g/mol. The number of ether oxygens (including phenoxy) is 2. The number of amides is 2. The summed E-state index contributed by atoms with van der Waals surface area (Å²) < 4.78 is 11.1. The van der Waals surface area contributed by atoms with Crippen LogP contribution in [0.5, 0.6) is 0 Å². The summed E-state index contributed by atoms with van der Waals surface area (Å²) in [6.45, 7) is 6.59. The van der Waals surface area contributed by atoms with Crippen molar-refractivity contribution in [3.8, 4) is 0 Å². The van der Waals surface area contributed by atoms with Crippen LogP contribution in [-0.2, 0) is 19.1 Å². The average Bonchev–Trinajstić information content (AvgIpc) is 2.62. The van der Waals surface area contributed by atoms with Crippen LogP contribution in [0.3, 0.4) is 0 Å². The lowest BCUT2D eigenvalue weighted by atomic mass is 9.91. The Morgan fingerprint density at radius 3 is 2.26 bits per heavy atom. The molecule has 0 saturated carbocycles. The van der Waals surface area contributed by atoms with Crippen molar-refractivity contribution in [2.45, 2.75) is 44.6 Å². The van der Waals surface area contributed by atoms with Crippen molar-refractivity contribution in [2.24, 2.45) is 5.92 Å². The van der Waals surface area contributed by atoms with E-state index in [9.17, 15) is 9.59 Å². The van der Waals surface area contributed by atoms with Gasteiger partial charge in [-0.25, -0.2) is 0 Å². The zero-order chi connectivity index (χ0) is 16.3. The summed E-state index contributed by atoms with van der Waals surface area (Å²) in [6.07, 6.45) is 4.42. The third kappa shape index (κ3) is 3.69. The Bertz CT molecular complexity index is 434. The molecule has 0 bridgehead atoms. The van der Waals surface area contributed by atoms with Gasteiger partial charge in [-0.1, -0.05) is 0 Å². The van der Waals surface area contributed by atoms with Gasteiger partial charge in [0, 0.05) is 38.7 Å². The van der Waals surface area contributed by atoms with Gasteiger partial charge in [0.15, 0.2) is 0 Å². The molecule has 3 rings (SSSR count). The molecule has 0 radical (unpaired) electrons. The lowest BCUT2D eigenvalue weighted by Gasteiger charge is -2.40. The lowest BCUT2D eigenvalue weighted by Crippen LogP contribution is -2.54. The summed E-state index contributed by atoms with van der Waals surface area (Å²) >= 11 is 0. The second-order valence-electron chi connectivity index (χ2n) is 7.04. The molecule has 2 amide bonds. The molecular formula is C17H28N2O4. The summed E-state index contributed by atoms with van der Waals surface area (Å²) in [4.78, 5) is 29.1. The van der Waals surface area contributed by atoms with Crippen molar-refractivity contribution in [1.29, 1.82) is 0 Å². The molecule has 3 saturated heterocycles. The molecule has 3 aliphatic heterocycles. The molecule has 3 aliphatic rings. The molecule has 6 heteroatoms. The van der Waals surface area contributed by atoms with E-state index in [-0.39, 0.29) is 17.7 Å². The maximum atomic E-state index is 12.7. The highest BCUT2D eigenvalue weighted by molar-refractivity contribution is 5.85. The molecular weight excluding hydrogens is 296 g/mol. The van der Waals surface area contributed by atoms with Crippen molar-refractivity contribution >= 4 is 11.8 Å². The van der Waals surface area contributed by atoms with Crippen molar-refractivity contribution in [3.05, 3.63) is 0 Å². The van der Waals surface area contributed by atoms with E-state index in [1.807, 2.05) is 16.7 Å². The third-order valence-corrected chi connectivity index (χ3v) is 5.38. The Morgan fingerprint density at radius 1 is 0.957 bits per heavy atom. The highest BCUT2D eigenvalue weighted by Gasteiger charge is 2.41. The van der Waals surface area contributed by atoms with E-state index in [0.717, 1.165) is 32.1 Å². The van der Waals surface area contributed by atoms with E-state index < -0.39 is 5.60 Å². The van der Waals surface area contributed by atoms with E-state index in [0.29, 0.717) is 46.0 Å². The van der Waals surface area contributed by atoms with Crippen LogP contribution in [0, 0.1) is 5.92 Å². The molecule has 0 N–H and O–H groups in total. The Morgan fingerprint density at radius 2 is 1.65 bits per heavy atom. The van der Waals surface area contributed by atoms with Crippen LogP contribution in [0.4, 0.5) is 0 Å². The van der Waals surface area contributed by atoms with Crippen LogP contribution in [0.25, 0.3) is 0 Å². The molecule has 0 aromatic carbocycles. The zero-order valence-electron chi connectivity index (χ0n) is 14.1. The first-order valence-electron chi connectivity index (χ1n) is 8.90. The van der Waals surface area contributed by atoms with Gasteiger partial charge in [-0.15, -0.1) is 0 Å². The summed E-state index contributed by atoms with van der Waals surface area (Å²) in [7, 11) is 0. The minimum Gasteiger partial charge on any atom is -0.378 e. The predicted octanol–water partition coefficient (Wildman–Crippen LogP) is 1.04. The van der Waals surface area contributed by atoms with Gasteiger partial charge in [0.05, 0.1) is 13.2 Å². The van der Waals surface area contributed by atoms with Gasteiger partial charge in [0.1, 0.15) is 5.60 Å². The highest BCUT2D eigenvalue weighted by atomic mass is 16.5. The van der Waals surface area contributed by atoms with Crippen LogP contribution in [0.15, 0.2) is 0 Å². The van der Waals surface area contributed by atoms with Gasteiger partial charge in [-0.3, -0.25) is 9.59 Å². The number of carbonyl (C=O) groups is 2. The van der Waals surface area contributed by atoms with Crippen molar-refractivity contribution in [1.82, 2.24) is 9.80 Å². The van der Waals surface area contributed by atoms with E-state index in [1.54, 1.807) is 0 Å². The maximum absolute atomic E-state index is 12.7. The van der Waals surface area contributed by atoms with E-state index in [2.05, 4.69) is 0 Å². The molecule has 0 spiro atoms. The van der Waals surface area contributed by atoms with E-state index in [4.69, 9.17) is 9.47 Å². The van der Waals surface area contributed by atoms with Gasteiger partial charge in [-0.05, 0) is 39.0 Å². The number of hydrogen-bond donors (Lipinski definition) is 0. The molecule has 0 aromatic rings. The van der Waals surface area contributed by atoms with Gasteiger partial charge in [-0.2, -0.15) is 0 Å². The van der Waals surface area contributed by atoms with E-state index >= 15 is 0 Å². The van der Waals surface area contributed by atoms with E-state index in [1.165, 1.54) is 0 Å². The zero-order valence-corrected chi connectivity index (χ0v) is 14.1. The molecule has 23 heavy (non-hydrogen) atoms. The second kappa shape index (κ2) is 7.18. The minimum atomic E-state index is -0.653. The van der Waals surface area contributed by atoms with Crippen LogP contribution in [0.1, 0.15) is 39.0 Å². The van der Waals surface area contributed by atoms with Gasteiger partial charge in [0.2, 0.25) is 5.91 Å². The normalized spacial score (nSPS) is 30.3. The molecule has 1 atom stereocenters. The fraction of sp³-hybridized carbons (Fsp3) is 0.882. The van der Waals surface area contributed by atoms with Gasteiger partial charge >= 0.3 is 0 Å². The number of rotatable bonds is 2. The maximum Gasteiger partial charge on any atom is 0.254 e. The fourth-order valence-corrected chi connectivity index (χ4v) is 3.81. The van der Waals surface area contributed by atoms with Crippen molar-refractivity contribution < 1.29 is 19.1 Å². The fourth-order valence-electron chi connectivity index (χ4n) is 3.81. The molecule has 0 aliphatic carbocycles. The number of carbonyl (C=O) groups excluding carboxylic acids is 2. The lowest BCUT2D eigenvalue weighted by molar-refractivity contribution is -0.164. The predicted molar refractivity (Wildman–Crippen MR) is 84.9 cm³/mol. The average molecular weight is 324 g/mol. The Kier molecular flexibility index (Phi) is 5.21. The van der Waals surface area contributed by atoms with Crippen LogP contribution < -0.4 is 0 Å². The Hall–Kier alpha value is -1.14. The largest absolute Gasteiger partial charge is 0.378 e. The smallest absolute Gasteiger partial charge is 0.254 e. The molecule has 6 nitrogen and oxygen atoms in total. The summed E-state index contributed by atoms with van der Waals surface area (Å²) in [5.74, 6) is 0.396. The second-order valence-corrected chi connectivity index (χ2v) is 7.04. The summed E-state index contributed by atoms with van der Waals surface area (Å²) in [5.41, 5.74) is -0.653. The SMILES string of the molecule is C[C@]1(C(=O)N2CCC(C(=O)N3CCOCC3)CC2)CCCCO1. The number of piperidine rings is 1. The topological polar surface area (TPSA) is 59.1 Å². The molecule has 0 aromatic heterocycles. The Labute approximate surface area is 138 Å². The first-order valence-corrected chi connectivity index (χ1v) is 8.90. The molecule has 130 valence electrons. The Balaban J connectivity index is 1.51. The van der Waals surface area contributed by atoms with Gasteiger partial charge < -0.3 is 19.3 Å². The minimum absolute atomic E-state index is 0.0530. The number of hydrogen-bond acceptors (Lipinski definition) is 4. The standard InChI is InChI=1S/C17H28N2O4/c1-17(6-2-3-11-23-17)16(21)19-7-4-14(5-8-19)15(20)18-9-12-22-13-10-18/h14H,2-13H2,1H3/t17-/m1/s1. The quantitative estimate of drug-likeness (QED) is 0.762. The summed E-state index contributed by atoms with van der Waals surface area (Å²) in [5, 5.41) is 0. The van der Waals surface area contributed by atoms with Crippen molar-refractivity contribution in [2.75, 3.05) is 46.0 Å². The number of nitrogens with zero attached hydrogens (tertiary/aromatic N) is 2. The third-order valence-electron chi connectivity index (χ3n) is 5.38. The van der Waals surface area contributed by atoms with Crippen molar-refractivity contribution in [3.63, 3.8) is 0 Å². The van der Waals surface area contributed by atoms with Crippen LogP contribution in [-0.4, -0.2) is 73.2 Å². The van der Waals surface area contributed by atoms with Gasteiger partial charge in [0.25, 0.3) is 5.91 Å². The molecule has 3 fully saturated rings. The van der Waals surface area contributed by atoms with Crippen LogP contribution in [0.2, 0.25) is 0 Å². The summed E-state index contributed by atoms with van der Waals surface area (Å²) in [6, 6.07) is 0. The number of likely N-dealkylation sites (tertiary alicyclic amines) is 1. The molecule has 0 unspecified atom stereocenters. The highest BCUT2D eigenvalue weighted by Crippen LogP contribution is 2.29. The first-order chi connectivity index (χ1) is 11.1. The van der Waals surface area contributed by atoms with Crippen LogP contribution >= 0.6 is 0 Å². The first kappa shape index (κ1) is 16.7. The number of morpholine rings is 1. The molecule has 3 heterocycles.